The minimum atomic E-state index is -4.40. The van der Waals surface area contributed by atoms with Gasteiger partial charge in [-0.25, -0.2) is 0 Å². The maximum absolute atomic E-state index is 12.5. The van der Waals surface area contributed by atoms with Crippen molar-refractivity contribution >= 4 is 49.4 Å². The molecule has 1 aromatic carbocycles. The number of rotatable bonds is 5. The number of Topliss-reactive ketones (excluding diaryl/α,β-unsaturated/α-hetero) is 1. The van der Waals surface area contributed by atoms with Gasteiger partial charge in [0.05, 0.1) is 0 Å². The summed E-state index contributed by atoms with van der Waals surface area (Å²) in [5, 5.41) is 0.710. The molecule has 0 aliphatic carbocycles. The summed E-state index contributed by atoms with van der Waals surface area (Å²) in [7, 11) is 0. The van der Waals surface area contributed by atoms with E-state index in [1.165, 1.54) is 6.07 Å². The molecular formula is C11H9Br2F3OS. The third-order valence-electron chi connectivity index (χ3n) is 2.08. The number of hydrogen-bond donors (Lipinski definition) is 0. The first-order valence-electron chi connectivity index (χ1n) is 4.91. The van der Waals surface area contributed by atoms with Crippen LogP contribution in [0.25, 0.3) is 0 Å². The normalized spacial score (nSPS) is 11.6. The van der Waals surface area contributed by atoms with Crippen LogP contribution < -0.4 is 0 Å². The summed E-state index contributed by atoms with van der Waals surface area (Å²) in [6.45, 7) is 0. The molecule has 0 N–H and O–H groups in total. The predicted octanol–water partition coefficient (Wildman–Crippen LogP) is 5.16. The van der Waals surface area contributed by atoms with E-state index in [0.717, 1.165) is 0 Å². The van der Waals surface area contributed by atoms with Crippen molar-refractivity contribution in [3.63, 3.8) is 0 Å². The maximum Gasteiger partial charge on any atom is 0.446 e. The molecule has 100 valence electrons. The van der Waals surface area contributed by atoms with Gasteiger partial charge in [0.2, 0.25) is 0 Å². The van der Waals surface area contributed by atoms with Crippen molar-refractivity contribution < 1.29 is 18.0 Å². The molecule has 1 rings (SSSR count). The quantitative estimate of drug-likeness (QED) is 0.382. The van der Waals surface area contributed by atoms with Crippen LogP contribution in [0.3, 0.4) is 0 Å². The number of ketones is 1. The van der Waals surface area contributed by atoms with Crippen molar-refractivity contribution in [1.82, 2.24) is 0 Å². The molecule has 18 heavy (non-hydrogen) atoms. The van der Waals surface area contributed by atoms with E-state index < -0.39 is 5.51 Å². The summed E-state index contributed by atoms with van der Waals surface area (Å²) < 4.78 is 37.5. The standard InChI is InChI=1S/C11H9Br2F3OS/c12-5-4-9(17)8-3-1-2-7(6-13)10(8)18-11(14,15)16/h1-3H,4-6H2. The van der Waals surface area contributed by atoms with E-state index in [2.05, 4.69) is 31.9 Å². The van der Waals surface area contributed by atoms with Gasteiger partial charge < -0.3 is 0 Å². The summed E-state index contributed by atoms with van der Waals surface area (Å²) in [5.41, 5.74) is -3.80. The van der Waals surface area contributed by atoms with Gasteiger partial charge in [0.25, 0.3) is 0 Å². The highest BCUT2D eigenvalue weighted by atomic mass is 79.9. The number of carbonyl (C=O) groups excluding carboxylic acids is 1. The van der Waals surface area contributed by atoms with Crippen LogP contribution in [-0.2, 0) is 5.33 Å². The van der Waals surface area contributed by atoms with E-state index in [1.807, 2.05) is 0 Å². The fourth-order valence-electron chi connectivity index (χ4n) is 1.37. The van der Waals surface area contributed by atoms with Gasteiger partial charge >= 0.3 is 5.51 Å². The van der Waals surface area contributed by atoms with Gasteiger partial charge in [-0.15, -0.1) is 0 Å². The minimum absolute atomic E-state index is 0.00664. The molecule has 0 bridgehead atoms. The molecule has 1 nitrogen and oxygen atoms in total. The van der Waals surface area contributed by atoms with Gasteiger partial charge in [0.1, 0.15) is 0 Å². The van der Waals surface area contributed by atoms with E-state index in [4.69, 9.17) is 0 Å². The highest BCUT2D eigenvalue weighted by Gasteiger charge is 2.32. The SMILES string of the molecule is O=C(CCBr)c1cccc(CBr)c1SC(F)(F)F. The molecule has 0 aliphatic heterocycles. The fraction of sp³-hybridized carbons (Fsp3) is 0.364. The van der Waals surface area contributed by atoms with E-state index in [-0.39, 0.29) is 39.8 Å². The number of hydrogen-bond acceptors (Lipinski definition) is 2. The second-order valence-corrected chi connectivity index (χ2v) is 5.77. The molecule has 0 amide bonds. The van der Waals surface area contributed by atoms with E-state index in [9.17, 15) is 18.0 Å². The van der Waals surface area contributed by atoms with Crippen LogP contribution in [-0.4, -0.2) is 16.6 Å². The van der Waals surface area contributed by atoms with Crippen molar-refractivity contribution in [2.24, 2.45) is 0 Å². The Morgan fingerprint density at radius 3 is 2.44 bits per heavy atom. The highest BCUT2D eigenvalue weighted by molar-refractivity contribution is 9.09. The van der Waals surface area contributed by atoms with Crippen molar-refractivity contribution in [3.05, 3.63) is 29.3 Å². The molecule has 0 atom stereocenters. The van der Waals surface area contributed by atoms with Crippen LogP contribution in [0.15, 0.2) is 23.1 Å². The number of alkyl halides is 5. The van der Waals surface area contributed by atoms with Crippen LogP contribution in [0.5, 0.6) is 0 Å². The Balaban J connectivity index is 3.20. The Bertz CT molecular complexity index is 435. The predicted molar refractivity (Wildman–Crippen MR) is 73.7 cm³/mol. The number of benzene rings is 1. The minimum Gasteiger partial charge on any atom is -0.294 e. The molecule has 7 heteroatoms. The van der Waals surface area contributed by atoms with E-state index in [0.29, 0.717) is 10.9 Å². The lowest BCUT2D eigenvalue weighted by Gasteiger charge is -2.13. The highest BCUT2D eigenvalue weighted by Crippen LogP contribution is 2.41. The summed E-state index contributed by atoms with van der Waals surface area (Å²) in [6, 6.07) is 4.61. The van der Waals surface area contributed by atoms with Crippen molar-refractivity contribution in [2.45, 2.75) is 22.2 Å². The Morgan fingerprint density at radius 2 is 1.94 bits per heavy atom. The summed E-state index contributed by atoms with van der Waals surface area (Å²) >= 11 is 6.01. The van der Waals surface area contributed by atoms with E-state index in [1.54, 1.807) is 12.1 Å². The molecule has 0 fully saturated rings. The summed E-state index contributed by atoms with van der Waals surface area (Å²) in [6.07, 6.45) is 0.178. The third kappa shape index (κ3) is 4.59. The topological polar surface area (TPSA) is 17.1 Å². The largest absolute Gasteiger partial charge is 0.446 e. The Morgan fingerprint density at radius 1 is 1.28 bits per heavy atom. The van der Waals surface area contributed by atoms with Gasteiger partial charge in [0, 0.05) is 27.5 Å². The fourth-order valence-corrected chi connectivity index (χ4v) is 3.17. The van der Waals surface area contributed by atoms with Crippen LogP contribution in [0, 0.1) is 0 Å². The first-order valence-corrected chi connectivity index (χ1v) is 7.97. The second kappa shape index (κ2) is 6.96. The summed E-state index contributed by atoms with van der Waals surface area (Å²) in [5.74, 6) is -0.290. The number of thioether (sulfide) groups is 1. The van der Waals surface area contributed by atoms with Gasteiger partial charge in [-0.2, -0.15) is 13.2 Å². The molecule has 0 unspecified atom stereocenters. The van der Waals surface area contributed by atoms with Crippen LogP contribution in [0.1, 0.15) is 22.3 Å². The van der Waals surface area contributed by atoms with Crippen molar-refractivity contribution in [1.29, 1.82) is 0 Å². The third-order valence-corrected chi connectivity index (χ3v) is 4.00. The molecule has 0 radical (unpaired) electrons. The zero-order chi connectivity index (χ0) is 13.8. The monoisotopic (exact) mass is 404 g/mol. The van der Waals surface area contributed by atoms with Crippen LogP contribution in [0.2, 0.25) is 0 Å². The van der Waals surface area contributed by atoms with Crippen molar-refractivity contribution in [3.8, 4) is 0 Å². The molecular weight excluding hydrogens is 397 g/mol. The maximum atomic E-state index is 12.5. The molecule has 0 saturated heterocycles. The lowest BCUT2D eigenvalue weighted by molar-refractivity contribution is -0.0328. The molecule has 0 aliphatic rings. The zero-order valence-electron chi connectivity index (χ0n) is 9.06. The Labute approximate surface area is 124 Å². The second-order valence-electron chi connectivity index (χ2n) is 3.34. The van der Waals surface area contributed by atoms with E-state index >= 15 is 0 Å². The van der Waals surface area contributed by atoms with Gasteiger partial charge in [0.15, 0.2) is 5.78 Å². The molecule has 0 heterocycles. The summed E-state index contributed by atoms with van der Waals surface area (Å²) in [4.78, 5) is 11.8. The average molecular weight is 406 g/mol. The zero-order valence-corrected chi connectivity index (χ0v) is 13.0. The van der Waals surface area contributed by atoms with Crippen molar-refractivity contribution in [2.75, 3.05) is 5.33 Å². The van der Waals surface area contributed by atoms with Gasteiger partial charge in [-0.3, -0.25) is 4.79 Å². The first-order chi connectivity index (χ1) is 8.39. The first kappa shape index (κ1) is 16.0. The molecule has 0 saturated carbocycles. The smallest absolute Gasteiger partial charge is 0.294 e. The Hall–Kier alpha value is -0.0100. The van der Waals surface area contributed by atoms with Crippen LogP contribution >= 0.6 is 43.6 Å². The van der Waals surface area contributed by atoms with Crippen LogP contribution in [0.4, 0.5) is 13.2 Å². The number of carbonyl (C=O) groups is 1. The molecule has 0 spiro atoms. The lowest BCUT2D eigenvalue weighted by atomic mass is 10.1. The lowest BCUT2D eigenvalue weighted by Crippen LogP contribution is -2.07. The van der Waals surface area contributed by atoms with Gasteiger partial charge in [-0.05, 0) is 17.3 Å². The van der Waals surface area contributed by atoms with Gasteiger partial charge in [-0.1, -0.05) is 50.1 Å². The molecule has 1 aromatic rings. The number of halogens is 5. The average Bonchev–Trinajstić information content (AvgIpc) is 2.27. The molecule has 0 aromatic heterocycles. The Kier molecular flexibility index (Phi) is 6.20.